The largest absolute Gasteiger partial charge is 0.556 e. The van der Waals surface area contributed by atoms with Crippen molar-refractivity contribution in [3.05, 3.63) is 65.7 Å². The van der Waals surface area contributed by atoms with Gasteiger partial charge in [0, 0.05) is 6.54 Å². The summed E-state index contributed by atoms with van der Waals surface area (Å²) in [4.78, 5) is 0. The van der Waals surface area contributed by atoms with Crippen LogP contribution in [0.1, 0.15) is 17.4 Å². The molecule has 0 amide bonds. The highest BCUT2D eigenvalue weighted by Gasteiger charge is 2.36. The van der Waals surface area contributed by atoms with Gasteiger partial charge in [0.25, 0.3) is 0 Å². The van der Waals surface area contributed by atoms with Gasteiger partial charge in [-0.25, -0.2) is 0 Å². The van der Waals surface area contributed by atoms with E-state index in [2.05, 4.69) is 5.32 Å². The van der Waals surface area contributed by atoms with Gasteiger partial charge in [0.15, 0.2) is 0 Å². The number of rotatable bonds is 3. The normalized spacial score (nSPS) is 20.2. The Labute approximate surface area is 111 Å². The van der Waals surface area contributed by atoms with Crippen LogP contribution in [0.25, 0.3) is 0 Å². The van der Waals surface area contributed by atoms with E-state index in [0.29, 0.717) is 12.0 Å². The van der Waals surface area contributed by atoms with E-state index < -0.39 is 13.0 Å². The van der Waals surface area contributed by atoms with Crippen molar-refractivity contribution in [2.24, 2.45) is 0 Å². The maximum atomic E-state index is 9.87. The van der Waals surface area contributed by atoms with Gasteiger partial charge in [0.1, 0.15) is 0 Å². The molecule has 0 spiro atoms. The molecule has 1 heterocycles. The zero-order valence-electron chi connectivity index (χ0n) is 10.4. The Morgan fingerprint density at radius 2 is 1.68 bits per heavy atom. The molecule has 19 heavy (non-hydrogen) atoms. The number of hydrogen-bond acceptors (Lipinski definition) is 4. The second-order valence-corrected chi connectivity index (χ2v) is 4.71. The van der Waals surface area contributed by atoms with Gasteiger partial charge in [0.2, 0.25) is 0 Å². The Kier molecular flexibility index (Phi) is 3.12. The van der Waals surface area contributed by atoms with E-state index in [0.717, 1.165) is 11.1 Å². The molecule has 3 rings (SSSR count). The molecule has 4 nitrogen and oxygen atoms in total. The number of fused-ring (bicyclic) bond motifs is 1. The Bertz CT molecular complexity index is 574. The molecule has 0 saturated carbocycles. The summed E-state index contributed by atoms with van der Waals surface area (Å²) in [6.07, 6.45) is -0.494. The fourth-order valence-electron chi connectivity index (χ4n) is 2.39. The van der Waals surface area contributed by atoms with Crippen molar-refractivity contribution in [3.8, 4) is 0 Å². The van der Waals surface area contributed by atoms with Gasteiger partial charge in [-0.3, -0.25) is 5.32 Å². The third-order valence-electron chi connectivity index (χ3n) is 3.34. The van der Waals surface area contributed by atoms with Crippen LogP contribution in [0.15, 0.2) is 54.6 Å². The molecule has 1 atom stereocenters. The molecule has 1 aliphatic heterocycles. The Morgan fingerprint density at radius 1 is 1.00 bits per heavy atom. The fourth-order valence-corrected chi connectivity index (χ4v) is 2.39. The number of benzene rings is 2. The molecule has 5 heteroatoms. The lowest BCUT2D eigenvalue weighted by Gasteiger charge is -2.25. The molecule has 3 N–H and O–H groups in total. The zero-order chi connectivity index (χ0) is 13.3. The predicted octanol–water partition coefficient (Wildman–Crippen LogP) is 0.636. The molecule has 0 aromatic heterocycles. The van der Waals surface area contributed by atoms with Crippen LogP contribution in [0.2, 0.25) is 0 Å². The highest BCUT2D eigenvalue weighted by atomic mass is 16.7. The molecule has 0 radical (unpaired) electrons. The highest BCUT2D eigenvalue weighted by molar-refractivity contribution is 6.74. The van der Waals surface area contributed by atoms with Crippen LogP contribution >= 0.6 is 0 Å². The Hall–Kier alpha value is -1.66. The second kappa shape index (κ2) is 4.79. The lowest BCUT2D eigenvalue weighted by molar-refractivity contribution is 0.0921. The molecule has 98 valence electrons. The topological polar surface area (TPSA) is 61.7 Å². The van der Waals surface area contributed by atoms with Crippen LogP contribution in [0.3, 0.4) is 0 Å². The lowest BCUT2D eigenvalue weighted by atomic mass is 9.71. The molecule has 0 fully saturated rings. The monoisotopic (exact) mass is 256 g/mol. The van der Waals surface area contributed by atoms with Gasteiger partial charge in [-0.1, -0.05) is 54.6 Å². The van der Waals surface area contributed by atoms with E-state index >= 15 is 0 Å². The summed E-state index contributed by atoms with van der Waals surface area (Å²) in [7, 11) is 0. The first-order valence-corrected chi connectivity index (χ1v) is 6.30. The standard InChI is InChI=1S/C14H15BNO3/c17-15(18)13-9-5-4-8-12(13)14(19-15)16-10-11-6-2-1-3-7-11/h1-9,14,16-18H,10H2/q-1. The maximum absolute atomic E-state index is 9.87. The van der Waals surface area contributed by atoms with Crippen LogP contribution in [0.5, 0.6) is 0 Å². The van der Waals surface area contributed by atoms with Gasteiger partial charge in [-0.2, -0.15) is 0 Å². The highest BCUT2D eigenvalue weighted by Crippen LogP contribution is 2.25. The Balaban J connectivity index is 1.77. The van der Waals surface area contributed by atoms with E-state index in [-0.39, 0.29) is 0 Å². The van der Waals surface area contributed by atoms with Gasteiger partial charge >= 0.3 is 6.75 Å². The van der Waals surface area contributed by atoms with Crippen LogP contribution in [-0.4, -0.2) is 16.8 Å². The number of hydrogen-bond donors (Lipinski definition) is 3. The summed E-state index contributed by atoms with van der Waals surface area (Å²) in [5.74, 6) is 0. The first-order valence-electron chi connectivity index (χ1n) is 6.30. The van der Waals surface area contributed by atoms with Gasteiger partial charge < -0.3 is 14.7 Å². The predicted molar refractivity (Wildman–Crippen MR) is 73.4 cm³/mol. The fraction of sp³-hybridized carbons (Fsp3) is 0.143. The molecule has 1 aliphatic rings. The van der Waals surface area contributed by atoms with Crippen LogP contribution in [-0.2, 0) is 11.2 Å². The van der Waals surface area contributed by atoms with E-state index in [1.165, 1.54) is 0 Å². The first kappa shape index (κ1) is 12.4. The summed E-state index contributed by atoms with van der Waals surface area (Å²) in [6, 6.07) is 17.0. The molecule has 2 aromatic carbocycles. The van der Waals surface area contributed by atoms with Gasteiger partial charge in [0.05, 0.1) is 6.23 Å². The molecule has 0 saturated heterocycles. The summed E-state index contributed by atoms with van der Waals surface area (Å²) in [5.41, 5.74) is 2.35. The van der Waals surface area contributed by atoms with Crippen molar-refractivity contribution in [2.75, 3.05) is 0 Å². The van der Waals surface area contributed by atoms with Crippen molar-refractivity contribution in [1.82, 2.24) is 5.32 Å². The smallest absolute Gasteiger partial charge is 0.406 e. The van der Waals surface area contributed by atoms with Crippen LogP contribution in [0.4, 0.5) is 0 Å². The molecule has 2 aromatic rings. The van der Waals surface area contributed by atoms with Crippen molar-refractivity contribution in [3.63, 3.8) is 0 Å². The van der Waals surface area contributed by atoms with E-state index in [4.69, 9.17) is 4.65 Å². The zero-order valence-corrected chi connectivity index (χ0v) is 10.4. The average molecular weight is 256 g/mol. The molecule has 0 bridgehead atoms. The van der Waals surface area contributed by atoms with E-state index in [1.54, 1.807) is 12.1 Å². The lowest BCUT2D eigenvalue weighted by Crippen LogP contribution is -2.47. The quantitative estimate of drug-likeness (QED) is 0.705. The number of nitrogens with one attached hydrogen (secondary N) is 1. The third-order valence-corrected chi connectivity index (χ3v) is 3.34. The maximum Gasteiger partial charge on any atom is 0.406 e. The summed E-state index contributed by atoms with van der Waals surface area (Å²) in [5, 5.41) is 22.9. The van der Waals surface area contributed by atoms with Crippen molar-refractivity contribution < 1.29 is 14.7 Å². The summed E-state index contributed by atoms with van der Waals surface area (Å²) < 4.78 is 5.30. The first-order chi connectivity index (χ1) is 9.17. The summed E-state index contributed by atoms with van der Waals surface area (Å²) in [6.45, 7) is -2.29. The minimum atomic E-state index is -2.90. The molecule has 1 unspecified atom stereocenters. The van der Waals surface area contributed by atoms with Crippen LogP contribution < -0.4 is 10.8 Å². The van der Waals surface area contributed by atoms with Crippen molar-refractivity contribution >= 4 is 12.2 Å². The van der Waals surface area contributed by atoms with Gasteiger partial charge in [-0.05, 0) is 11.1 Å². The van der Waals surface area contributed by atoms with Gasteiger partial charge in [-0.15, -0.1) is 5.46 Å². The second-order valence-electron chi connectivity index (χ2n) is 4.71. The SMILES string of the molecule is O[B-]1(O)OC(NCc2ccccc2)c2ccccc21. The average Bonchev–Trinajstić information content (AvgIpc) is 2.70. The van der Waals surface area contributed by atoms with E-state index in [1.807, 2.05) is 42.5 Å². The molecular formula is C14H15BNO3-. The minimum Gasteiger partial charge on any atom is -0.556 e. The molecule has 0 aliphatic carbocycles. The van der Waals surface area contributed by atoms with E-state index in [9.17, 15) is 10.0 Å². The minimum absolute atomic E-state index is 0.452. The van der Waals surface area contributed by atoms with Crippen molar-refractivity contribution in [1.29, 1.82) is 0 Å². The molecular weight excluding hydrogens is 241 g/mol. The summed E-state index contributed by atoms with van der Waals surface area (Å²) >= 11 is 0. The van der Waals surface area contributed by atoms with Crippen LogP contribution in [0, 0.1) is 0 Å². The van der Waals surface area contributed by atoms with Crippen molar-refractivity contribution in [2.45, 2.75) is 12.8 Å². The third kappa shape index (κ3) is 2.41. The Morgan fingerprint density at radius 3 is 2.47 bits per heavy atom.